The highest BCUT2D eigenvalue weighted by atomic mass is 19.1. The van der Waals surface area contributed by atoms with Gasteiger partial charge in [0.05, 0.1) is 5.69 Å². The Bertz CT molecular complexity index is 873. The molecule has 2 aromatic rings. The summed E-state index contributed by atoms with van der Waals surface area (Å²) in [6.45, 7) is 5.62. The van der Waals surface area contributed by atoms with Crippen LogP contribution in [0.1, 0.15) is 46.0 Å². The number of ketones is 1. The minimum absolute atomic E-state index is 0.0415. The number of hydrogen-bond acceptors (Lipinski definition) is 3. The first-order valence-corrected chi connectivity index (χ1v) is 9.54. The first kappa shape index (κ1) is 20.0. The van der Waals surface area contributed by atoms with Crippen LogP contribution in [0.15, 0.2) is 36.4 Å². The van der Waals surface area contributed by atoms with Gasteiger partial charge in [-0.3, -0.25) is 9.59 Å². The van der Waals surface area contributed by atoms with E-state index in [0.717, 1.165) is 12.0 Å². The van der Waals surface area contributed by atoms with Gasteiger partial charge >= 0.3 is 0 Å². The molecule has 0 atom stereocenters. The summed E-state index contributed by atoms with van der Waals surface area (Å²) in [6.07, 6.45) is 1.13. The van der Waals surface area contributed by atoms with Gasteiger partial charge in [0.25, 0.3) is 5.91 Å². The number of halogens is 2. The SMILES string of the molecule is CCCC(=O)c1cc(F)c(N2CCN(C(=O)c3ccc(F)cc3)CC2)cc1C. The van der Waals surface area contributed by atoms with Crippen LogP contribution in [-0.2, 0) is 0 Å². The molecule has 3 rings (SSSR count). The van der Waals surface area contributed by atoms with Crippen molar-refractivity contribution in [2.24, 2.45) is 0 Å². The molecule has 148 valence electrons. The number of piperazine rings is 1. The molecule has 1 fully saturated rings. The van der Waals surface area contributed by atoms with Crippen molar-refractivity contribution < 1.29 is 18.4 Å². The second kappa shape index (κ2) is 8.50. The molecule has 0 N–H and O–H groups in total. The van der Waals surface area contributed by atoms with Crippen LogP contribution in [0.5, 0.6) is 0 Å². The second-order valence-corrected chi connectivity index (χ2v) is 7.08. The predicted octanol–water partition coefficient (Wildman–Crippen LogP) is 4.22. The molecule has 0 aliphatic carbocycles. The lowest BCUT2D eigenvalue weighted by Crippen LogP contribution is -2.49. The molecule has 4 nitrogen and oxygen atoms in total. The van der Waals surface area contributed by atoms with Gasteiger partial charge in [-0.1, -0.05) is 6.92 Å². The first-order valence-electron chi connectivity index (χ1n) is 9.54. The molecule has 1 saturated heterocycles. The summed E-state index contributed by atoms with van der Waals surface area (Å²) in [5.74, 6) is -0.992. The molecule has 0 aromatic heterocycles. The normalized spacial score (nSPS) is 14.3. The number of amides is 1. The summed E-state index contributed by atoms with van der Waals surface area (Å²) in [6, 6.07) is 8.53. The van der Waals surface area contributed by atoms with Crippen LogP contribution in [0.4, 0.5) is 14.5 Å². The fourth-order valence-corrected chi connectivity index (χ4v) is 3.50. The Kier molecular flexibility index (Phi) is 6.07. The maximum absolute atomic E-state index is 14.7. The minimum atomic E-state index is -0.414. The number of hydrogen-bond donors (Lipinski definition) is 0. The average Bonchev–Trinajstić information content (AvgIpc) is 2.70. The van der Waals surface area contributed by atoms with Gasteiger partial charge in [0.1, 0.15) is 11.6 Å². The topological polar surface area (TPSA) is 40.6 Å². The van der Waals surface area contributed by atoms with Crippen LogP contribution >= 0.6 is 0 Å². The van der Waals surface area contributed by atoms with E-state index >= 15 is 0 Å². The van der Waals surface area contributed by atoms with E-state index in [4.69, 9.17) is 0 Å². The fraction of sp³-hybridized carbons (Fsp3) is 0.364. The fourth-order valence-electron chi connectivity index (χ4n) is 3.50. The Labute approximate surface area is 163 Å². The number of Topliss-reactive ketones (excluding diaryl/α,β-unsaturated/α-hetero) is 1. The quantitative estimate of drug-likeness (QED) is 0.723. The van der Waals surface area contributed by atoms with E-state index in [2.05, 4.69) is 0 Å². The third-order valence-electron chi connectivity index (χ3n) is 5.07. The van der Waals surface area contributed by atoms with Crippen molar-refractivity contribution in [3.05, 3.63) is 64.7 Å². The smallest absolute Gasteiger partial charge is 0.253 e. The van der Waals surface area contributed by atoms with Crippen LogP contribution in [0.25, 0.3) is 0 Å². The highest BCUT2D eigenvalue weighted by Crippen LogP contribution is 2.26. The van der Waals surface area contributed by atoms with Crippen molar-refractivity contribution >= 4 is 17.4 Å². The van der Waals surface area contributed by atoms with Crippen LogP contribution in [0.3, 0.4) is 0 Å². The Morgan fingerprint density at radius 2 is 1.64 bits per heavy atom. The number of benzene rings is 2. The Balaban J connectivity index is 1.69. The molecular formula is C22H24F2N2O2. The second-order valence-electron chi connectivity index (χ2n) is 7.08. The standard InChI is InChI=1S/C22H24F2N2O2/c1-3-4-21(27)18-14-19(24)20(13-15(18)2)25-9-11-26(12-10-25)22(28)16-5-7-17(23)8-6-16/h5-8,13-14H,3-4,9-12H2,1-2H3. The van der Waals surface area contributed by atoms with Crippen molar-refractivity contribution in [3.63, 3.8) is 0 Å². The van der Waals surface area contributed by atoms with Gasteiger partial charge in [0.2, 0.25) is 0 Å². The molecule has 0 saturated carbocycles. The molecule has 1 amide bonds. The summed E-state index contributed by atoms with van der Waals surface area (Å²) in [5, 5.41) is 0. The van der Waals surface area contributed by atoms with Crippen molar-refractivity contribution in [2.45, 2.75) is 26.7 Å². The highest BCUT2D eigenvalue weighted by molar-refractivity contribution is 5.98. The van der Waals surface area contributed by atoms with E-state index in [9.17, 15) is 18.4 Å². The lowest BCUT2D eigenvalue weighted by atomic mass is 10.00. The van der Waals surface area contributed by atoms with E-state index in [-0.39, 0.29) is 17.5 Å². The van der Waals surface area contributed by atoms with Crippen LogP contribution in [0.2, 0.25) is 0 Å². The maximum Gasteiger partial charge on any atom is 0.253 e. The summed E-state index contributed by atoms with van der Waals surface area (Å²) in [5.41, 5.74) is 2.10. The van der Waals surface area contributed by atoms with E-state index in [1.54, 1.807) is 11.0 Å². The van der Waals surface area contributed by atoms with Crippen molar-refractivity contribution in [2.75, 3.05) is 31.1 Å². The summed E-state index contributed by atoms with van der Waals surface area (Å²) in [7, 11) is 0. The lowest BCUT2D eigenvalue weighted by Gasteiger charge is -2.36. The molecule has 2 aromatic carbocycles. The monoisotopic (exact) mass is 386 g/mol. The van der Waals surface area contributed by atoms with Gasteiger partial charge in [-0.15, -0.1) is 0 Å². The van der Waals surface area contributed by atoms with Crippen molar-refractivity contribution in [1.82, 2.24) is 4.90 Å². The molecule has 0 radical (unpaired) electrons. The summed E-state index contributed by atoms with van der Waals surface area (Å²) in [4.78, 5) is 28.2. The van der Waals surface area contributed by atoms with E-state index in [1.165, 1.54) is 30.3 Å². The molecule has 1 heterocycles. The highest BCUT2D eigenvalue weighted by Gasteiger charge is 2.24. The Morgan fingerprint density at radius 1 is 1.00 bits per heavy atom. The van der Waals surface area contributed by atoms with E-state index in [1.807, 2.05) is 18.7 Å². The first-order chi connectivity index (χ1) is 13.4. The Hall–Kier alpha value is -2.76. The number of anilines is 1. The molecular weight excluding hydrogens is 362 g/mol. The zero-order chi connectivity index (χ0) is 20.3. The molecule has 1 aliphatic heterocycles. The van der Waals surface area contributed by atoms with Gasteiger partial charge in [-0.2, -0.15) is 0 Å². The average molecular weight is 386 g/mol. The zero-order valence-electron chi connectivity index (χ0n) is 16.2. The molecule has 1 aliphatic rings. The minimum Gasteiger partial charge on any atom is -0.366 e. The number of carbonyl (C=O) groups excluding carboxylic acids is 2. The lowest BCUT2D eigenvalue weighted by molar-refractivity contribution is 0.0746. The summed E-state index contributed by atoms with van der Waals surface area (Å²) < 4.78 is 27.7. The van der Waals surface area contributed by atoms with Gasteiger partial charge in [-0.25, -0.2) is 8.78 Å². The summed E-state index contributed by atoms with van der Waals surface area (Å²) >= 11 is 0. The number of rotatable bonds is 5. The van der Waals surface area contributed by atoms with Gasteiger partial charge in [0.15, 0.2) is 5.78 Å². The van der Waals surface area contributed by atoms with Crippen LogP contribution < -0.4 is 4.90 Å². The number of nitrogens with zero attached hydrogens (tertiary/aromatic N) is 2. The largest absolute Gasteiger partial charge is 0.366 e. The molecule has 0 bridgehead atoms. The van der Waals surface area contributed by atoms with Crippen LogP contribution in [-0.4, -0.2) is 42.8 Å². The zero-order valence-corrected chi connectivity index (χ0v) is 16.2. The van der Waals surface area contributed by atoms with Crippen molar-refractivity contribution in [3.8, 4) is 0 Å². The predicted molar refractivity (Wildman–Crippen MR) is 105 cm³/mol. The van der Waals surface area contributed by atoms with Gasteiger partial charge in [-0.05, 0) is 55.3 Å². The molecule has 6 heteroatoms. The van der Waals surface area contributed by atoms with Crippen molar-refractivity contribution in [1.29, 1.82) is 0 Å². The Morgan fingerprint density at radius 3 is 2.25 bits per heavy atom. The van der Waals surface area contributed by atoms with Crippen LogP contribution in [0, 0.1) is 18.6 Å². The van der Waals surface area contributed by atoms with Gasteiger partial charge in [0, 0.05) is 43.7 Å². The van der Waals surface area contributed by atoms with E-state index in [0.29, 0.717) is 49.4 Å². The number of aryl methyl sites for hydroxylation is 1. The molecule has 28 heavy (non-hydrogen) atoms. The molecule has 0 spiro atoms. The molecule has 0 unspecified atom stereocenters. The number of carbonyl (C=O) groups is 2. The maximum atomic E-state index is 14.7. The van der Waals surface area contributed by atoms with Gasteiger partial charge < -0.3 is 9.80 Å². The third-order valence-corrected chi connectivity index (χ3v) is 5.07. The van der Waals surface area contributed by atoms with E-state index < -0.39 is 5.82 Å². The third kappa shape index (κ3) is 4.21.